The lowest BCUT2D eigenvalue weighted by Crippen LogP contribution is -2.14. The number of fused-ring (bicyclic) bond motifs is 1. The summed E-state index contributed by atoms with van der Waals surface area (Å²) in [6, 6.07) is 0. The molecule has 0 fully saturated rings. The highest BCUT2D eigenvalue weighted by Crippen LogP contribution is 2.66. The second-order valence-electron chi connectivity index (χ2n) is 4.37. The fourth-order valence-corrected chi connectivity index (χ4v) is 10.8. The van der Waals surface area contributed by atoms with E-state index in [1.54, 1.807) is 35.9 Å². The summed E-state index contributed by atoms with van der Waals surface area (Å²) in [5, 5.41) is 3.49. The fraction of sp³-hybridized carbons (Fsp3) is 0.333. The van der Waals surface area contributed by atoms with Crippen molar-refractivity contribution in [1.82, 2.24) is 9.97 Å². The molecule has 0 N–H and O–H groups in total. The summed E-state index contributed by atoms with van der Waals surface area (Å²) in [7, 11) is 0. The van der Waals surface area contributed by atoms with Gasteiger partial charge in [-0.1, -0.05) is 60.9 Å². The van der Waals surface area contributed by atoms with Crippen LogP contribution in [0.25, 0.3) is 0 Å². The number of thioether (sulfide) groups is 6. The monoisotopic (exact) mass is 374 g/mol. The molecule has 3 aliphatic rings. The summed E-state index contributed by atoms with van der Waals surface area (Å²) >= 11 is 11.5. The summed E-state index contributed by atoms with van der Waals surface area (Å²) in [4.78, 5) is 8.80. The average molecular weight is 375 g/mol. The normalized spacial score (nSPS) is 28.9. The van der Waals surface area contributed by atoms with Crippen LogP contribution in [-0.4, -0.2) is 20.5 Å². The first-order chi connectivity index (χ1) is 9.70. The molecule has 0 radical (unpaired) electrons. The number of hydrogen-bond acceptors (Lipinski definition) is 8. The molecule has 20 heavy (non-hydrogen) atoms. The van der Waals surface area contributed by atoms with Gasteiger partial charge in [0.15, 0.2) is 0 Å². The average Bonchev–Trinajstić information content (AvgIpc) is 3.02. The van der Waals surface area contributed by atoms with Gasteiger partial charge in [-0.3, -0.25) is 0 Å². The largest absolute Gasteiger partial charge is 0.245 e. The number of aromatic nitrogens is 2. The molecule has 0 bridgehead atoms. The molecular formula is C12H10N2S6. The zero-order valence-electron chi connectivity index (χ0n) is 10.7. The topological polar surface area (TPSA) is 25.8 Å². The van der Waals surface area contributed by atoms with Gasteiger partial charge in [0.25, 0.3) is 0 Å². The van der Waals surface area contributed by atoms with Crippen molar-refractivity contribution in [2.45, 2.75) is 34.4 Å². The Labute approximate surface area is 143 Å². The lowest BCUT2D eigenvalue weighted by Gasteiger charge is -2.24. The van der Waals surface area contributed by atoms with Crippen LogP contribution in [0.1, 0.15) is 13.8 Å². The zero-order chi connectivity index (χ0) is 13.7. The lowest BCUT2D eigenvalue weighted by molar-refractivity contribution is 0.930. The van der Waals surface area contributed by atoms with Crippen LogP contribution in [0, 0.1) is 0 Å². The molecule has 0 aliphatic carbocycles. The molecule has 0 saturated carbocycles. The van der Waals surface area contributed by atoms with E-state index in [-0.39, 0.29) is 0 Å². The smallest absolute Gasteiger partial charge is 0.134 e. The maximum atomic E-state index is 4.40. The Bertz CT molecular complexity index is 590. The van der Waals surface area contributed by atoms with Crippen LogP contribution >= 0.6 is 70.6 Å². The lowest BCUT2D eigenvalue weighted by atomic mass is 10.4. The van der Waals surface area contributed by atoms with Crippen molar-refractivity contribution < 1.29 is 0 Å². The van der Waals surface area contributed by atoms with Gasteiger partial charge in [-0.05, 0) is 0 Å². The predicted octanol–water partition coefficient (Wildman–Crippen LogP) is 5.66. The molecule has 0 spiro atoms. The highest BCUT2D eigenvalue weighted by molar-refractivity contribution is 8.42. The predicted molar refractivity (Wildman–Crippen MR) is 97.1 cm³/mol. The molecule has 4 rings (SSSR count). The second-order valence-corrected chi connectivity index (χ2v) is 12.2. The highest BCUT2D eigenvalue weighted by atomic mass is 32.3. The molecule has 0 amide bonds. The molecule has 3 aliphatic heterocycles. The van der Waals surface area contributed by atoms with Gasteiger partial charge in [0.2, 0.25) is 0 Å². The van der Waals surface area contributed by atoms with Gasteiger partial charge in [0.1, 0.15) is 10.1 Å². The summed E-state index contributed by atoms with van der Waals surface area (Å²) in [6.45, 7) is 4.65. The van der Waals surface area contributed by atoms with E-state index in [1.807, 2.05) is 47.0 Å². The van der Waals surface area contributed by atoms with Crippen LogP contribution in [0.15, 0.2) is 39.4 Å². The van der Waals surface area contributed by atoms with Crippen molar-refractivity contribution in [3.8, 4) is 0 Å². The molecular weight excluding hydrogens is 365 g/mol. The van der Waals surface area contributed by atoms with Crippen LogP contribution in [0.2, 0.25) is 0 Å². The van der Waals surface area contributed by atoms with Crippen LogP contribution in [0.5, 0.6) is 0 Å². The second kappa shape index (κ2) is 5.70. The van der Waals surface area contributed by atoms with Crippen LogP contribution in [0.3, 0.4) is 0 Å². The molecule has 104 valence electrons. The van der Waals surface area contributed by atoms with E-state index in [1.165, 1.54) is 16.9 Å². The summed E-state index contributed by atoms with van der Waals surface area (Å²) in [6.07, 6.45) is 3.54. The first-order valence-corrected chi connectivity index (χ1v) is 11.1. The molecule has 2 nitrogen and oxygen atoms in total. The van der Waals surface area contributed by atoms with Crippen molar-refractivity contribution in [3.63, 3.8) is 0 Å². The van der Waals surface area contributed by atoms with Crippen molar-refractivity contribution in [2.75, 3.05) is 0 Å². The third kappa shape index (κ3) is 2.56. The standard InChI is InChI=1S/C12H10N2S6/c1-5-6(2)16-10-9(15-5)19-12(20-10)11-17-7-8(18-11)14-4-3-13-7/h3-6H,1-2H3/t5-,6-/m0/s1. The van der Waals surface area contributed by atoms with Crippen LogP contribution < -0.4 is 0 Å². The van der Waals surface area contributed by atoms with E-state index < -0.39 is 0 Å². The Morgan fingerprint density at radius 1 is 0.700 bits per heavy atom. The van der Waals surface area contributed by atoms with E-state index in [9.17, 15) is 0 Å². The molecule has 1 aromatic rings. The van der Waals surface area contributed by atoms with Crippen molar-refractivity contribution >= 4 is 70.6 Å². The zero-order valence-corrected chi connectivity index (χ0v) is 15.6. The summed E-state index contributed by atoms with van der Waals surface area (Å²) in [5.74, 6) is 0. The van der Waals surface area contributed by atoms with Crippen LogP contribution in [0.4, 0.5) is 0 Å². The number of nitrogens with zero attached hydrogens (tertiary/aromatic N) is 2. The van der Waals surface area contributed by atoms with E-state index >= 15 is 0 Å². The van der Waals surface area contributed by atoms with Gasteiger partial charge in [0.05, 0.1) is 16.9 Å². The van der Waals surface area contributed by atoms with E-state index in [2.05, 4.69) is 23.8 Å². The van der Waals surface area contributed by atoms with Gasteiger partial charge in [-0.2, -0.15) is 0 Å². The number of hydrogen-bond donors (Lipinski definition) is 0. The van der Waals surface area contributed by atoms with E-state index in [4.69, 9.17) is 0 Å². The molecule has 2 atom stereocenters. The fourth-order valence-electron chi connectivity index (χ4n) is 1.76. The molecule has 4 heterocycles. The summed E-state index contributed by atoms with van der Waals surface area (Å²) in [5.41, 5.74) is 0. The molecule has 1 aromatic heterocycles. The Kier molecular flexibility index (Phi) is 4.06. The summed E-state index contributed by atoms with van der Waals surface area (Å²) < 4.78 is 5.74. The minimum Gasteiger partial charge on any atom is -0.245 e. The quantitative estimate of drug-likeness (QED) is 0.573. The maximum Gasteiger partial charge on any atom is 0.134 e. The Morgan fingerprint density at radius 3 is 1.65 bits per heavy atom. The maximum absolute atomic E-state index is 4.40. The Balaban J connectivity index is 1.58. The van der Waals surface area contributed by atoms with E-state index in [0.717, 1.165) is 10.1 Å². The molecule has 8 heteroatoms. The first-order valence-electron chi connectivity index (χ1n) is 6.05. The third-order valence-electron chi connectivity index (χ3n) is 2.96. The SMILES string of the molecule is C[C@@H]1SC2=C(SC(=C3Sc4nccnc4S3)S2)S[C@H]1C. The van der Waals surface area contributed by atoms with E-state index in [0.29, 0.717) is 10.5 Å². The van der Waals surface area contributed by atoms with Crippen molar-refractivity contribution in [3.05, 3.63) is 29.3 Å². The van der Waals surface area contributed by atoms with Gasteiger partial charge >= 0.3 is 0 Å². The van der Waals surface area contributed by atoms with Gasteiger partial charge in [-0.15, -0.1) is 23.5 Å². The first kappa shape index (κ1) is 14.3. The Morgan fingerprint density at radius 2 is 1.15 bits per heavy atom. The number of rotatable bonds is 0. The third-order valence-corrected chi connectivity index (χ3v) is 12.1. The minimum atomic E-state index is 0.695. The van der Waals surface area contributed by atoms with Gasteiger partial charge < -0.3 is 0 Å². The van der Waals surface area contributed by atoms with Gasteiger partial charge in [-0.25, -0.2) is 9.97 Å². The highest BCUT2D eigenvalue weighted by Gasteiger charge is 2.35. The van der Waals surface area contributed by atoms with Gasteiger partial charge in [0, 0.05) is 22.9 Å². The molecule has 0 unspecified atom stereocenters. The molecule has 0 aromatic carbocycles. The minimum absolute atomic E-state index is 0.695. The van der Waals surface area contributed by atoms with Crippen molar-refractivity contribution in [1.29, 1.82) is 0 Å². The Hall–Kier alpha value is 0.660. The van der Waals surface area contributed by atoms with Crippen molar-refractivity contribution in [2.24, 2.45) is 0 Å². The molecule has 0 saturated heterocycles. The van der Waals surface area contributed by atoms with Crippen LogP contribution in [-0.2, 0) is 0 Å².